The lowest BCUT2D eigenvalue weighted by atomic mass is 10.9. The highest BCUT2D eigenvalue weighted by Gasteiger charge is 2.26. The van der Waals surface area contributed by atoms with E-state index in [1.54, 1.807) is 95.1 Å². The minimum absolute atomic E-state index is 0.328. The molecule has 0 bridgehead atoms. The Balaban J connectivity index is 4.34. The van der Waals surface area contributed by atoms with Crippen LogP contribution in [0.15, 0.2) is 0 Å². The first-order chi connectivity index (χ1) is 15.5. The zero-order valence-corrected chi connectivity index (χ0v) is 31.1. The fourth-order valence-corrected chi connectivity index (χ4v) is 32.0. The van der Waals surface area contributed by atoms with Gasteiger partial charge in [0.2, 0.25) is 0 Å². The van der Waals surface area contributed by atoms with Crippen molar-refractivity contribution in [2.24, 2.45) is 0 Å². The van der Waals surface area contributed by atoms with Gasteiger partial charge in [-0.3, -0.25) is 0 Å². The van der Waals surface area contributed by atoms with Crippen LogP contribution in [0.25, 0.3) is 0 Å². The van der Waals surface area contributed by atoms with E-state index < -0.39 is 28.3 Å². The molecule has 0 aromatic carbocycles. The Bertz CT molecular complexity index is 351. The first-order valence-corrected chi connectivity index (χ1v) is 30.2. The van der Waals surface area contributed by atoms with Gasteiger partial charge in [0.05, 0.1) is 0 Å². The normalized spacial score (nSPS) is 10.9. The molecule has 0 nitrogen and oxygen atoms in total. The van der Waals surface area contributed by atoms with Crippen molar-refractivity contribution >= 4 is 84.9 Å². The van der Waals surface area contributed by atoms with Crippen molar-refractivity contribution in [3.8, 4) is 0 Å². The van der Waals surface area contributed by atoms with Gasteiger partial charge in [0.25, 0.3) is 84.9 Å². The molecule has 6 heteroatoms. The molecule has 0 saturated heterocycles. The van der Waals surface area contributed by atoms with Gasteiger partial charge in [-0.1, -0.05) is 97.7 Å². The lowest BCUT2D eigenvalue weighted by Gasteiger charge is -2.17. The molecule has 0 unspecified atom stereocenters. The summed E-state index contributed by atoms with van der Waals surface area (Å²) in [5, 5.41) is 29.9. The van der Waals surface area contributed by atoms with Crippen LogP contribution in [0.3, 0.4) is 0 Å². The molecule has 0 spiro atoms. The molecule has 0 saturated carbocycles. The Morgan fingerprint density at radius 1 is 0.219 bits per heavy atom. The summed E-state index contributed by atoms with van der Waals surface area (Å²) < 4.78 is 0. The molecule has 0 aliphatic rings. The number of hydrogen-bond donors (Lipinski definition) is 0. The van der Waals surface area contributed by atoms with Crippen LogP contribution in [0.5, 0.6) is 0 Å². The Kier molecular flexibility index (Phi) is 27.0. The maximum atomic E-state index is 2.56. The van der Waals surface area contributed by atoms with E-state index in [0.29, 0.717) is 0 Å². The molecule has 0 radical (unpaired) electrons. The fourth-order valence-electron chi connectivity index (χ4n) is 5.96. The van der Waals surface area contributed by atoms with E-state index in [9.17, 15) is 0 Å². The minimum atomic E-state index is -0.412. The topological polar surface area (TPSA) is 0 Å². The first-order valence-electron chi connectivity index (χ1n) is 15.5. The van der Waals surface area contributed by atoms with E-state index in [1.807, 2.05) is 0 Å². The van der Waals surface area contributed by atoms with Gasteiger partial charge in [0, 0.05) is 0 Å². The SMILES string of the molecule is C[CH2][Al]([CH2]C)[CH2][CH2][Al]([CH2]C)[CH2][CH2][Al]([CH2]C)[CH2][CH2][Al]([CH2]C)[CH2][CH2][Al]([CH2]C)[CH2][CH2][Al]([CH2]C)[CH2]C. The second-order valence-electron chi connectivity index (χ2n) is 11.3. The summed E-state index contributed by atoms with van der Waals surface area (Å²) in [5.41, 5.74) is 0. The number of rotatable bonds is 23. The third-order valence-electron chi connectivity index (χ3n) is 9.53. The van der Waals surface area contributed by atoms with E-state index in [-0.39, 0.29) is 56.6 Å². The van der Waals surface area contributed by atoms with Gasteiger partial charge in [-0.05, 0) is 0 Å². The second kappa shape index (κ2) is 24.5. The van der Waals surface area contributed by atoms with E-state index >= 15 is 0 Å². The molecule has 0 N–H and O–H groups in total. The zero-order chi connectivity index (χ0) is 24.2. The van der Waals surface area contributed by atoms with Crippen LogP contribution >= 0.6 is 0 Å². The van der Waals surface area contributed by atoms with Crippen molar-refractivity contribution in [2.45, 2.75) is 150 Å². The third-order valence-corrected chi connectivity index (χ3v) is 33.6. The third kappa shape index (κ3) is 17.6. The van der Waals surface area contributed by atoms with Crippen LogP contribution in [0.1, 0.15) is 55.4 Å². The smallest absolute Gasteiger partial charge is 0.106 e. The molecule has 32 heavy (non-hydrogen) atoms. The molecular formula is C26H60Al6. The summed E-state index contributed by atoms with van der Waals surface area (Å²) in [4.78, 5) is 0. The van der Waals surface area contributed by atoms with Gasteiger partial charge in [0.1, 0.15) is 0 Å². The Morgan fingerprint density at radius 2 is 0.344 bits per heavy atom. The Labute approximate surface area is 232 Å². The van der Waals surface area contributed by atoms with Crippen molar-refractivity contribution < 1.29 is 0 Å². The monoisotopic (exact) mass is 534 g/mol. The van der Waals surface area contributed by atoms with E-state index in [2.05, 4.69) is 55.4 Å². The molecule has 0 aliphatic heterocycles. The van der Waals surface area contributed by atoms with Crippen LogP contribution in [-0.4, -0.2) is 84.9 Å². The van der Waals surface area contributed by atoms with Crippen molar-refractivity contribution in [1.82, 2.24) is 0 Å². The van der Waals surface area contributed by atoms with Crippen LogP contribution in [-0.2, 0) is 0 Å². The zero-order valence-electron chi connectivity index (χ0n) is 24.2. The molecule has 0 amide bonds. The standard InChI is InChI=1S/8C2H5.5C2H4.6Al/c13*1-2;;;;;;/h8*1H2,2H3;5*1-2H2;;;;;;. The molecule has 0 aliphatic carbocycles. The Morgan fingerprint density at radius 3 is 0.469 bits per heavy atom. The summed E-state index contributed by atoms with van der Waals surface area (Å²) in [6, 6.07) is 0. The molecule has 0 heterocycles. The number of hydrogen-bond acceptors (Lipinski definition) is 0. The van der Waals surface area contributed by atoms with Gasteiger partial charge in [-0.2, -0.15) is 0 Å². The van der Waals surface area contributed by atoms with Gasteiger partial charge >= 0.3 is 0 Å². The average Bonchev–Trinajstić information content (AvgIpc) is 2.83. The predicted molar refractivity (Wildman–Crippen MR) is 166 cm³/mol. The van der Waals surface area contributed by atoms with Crippen molar-refractivity contribution in [1.29, 1.82) is 0 Å². The largest absolute Gasteiger partial charge is 0.260 e. The van der Waals surface area contributed by atoms with Gasteiger partial charge in [-0.15, -0.1) is 52.8 Å². The lowest BCUT2D eigenvalue weighted by molar-refractivity contribution is 1.13. The molecule has 0 aromatic heterocycles. The van der Waals surface area contributed by atoms with Crippen LogP contribution in [0.2, 0.25) is 95.1 Å². The fraction of sp³-hybridized carbons (Fsp3) is 1.00. The lowest BCUT2D eigenvalue weighted by Crippen LogP contribution is -2.22. The van der Waals surface area contributed by atoms with Crippen molar-refractivity contribution in [3.63, 3.8) is 0 Å². The van der Waals surface area contributed by atoms with Gasteiger partial charge < -0.3 is 0 Å². The predicted octanol–water partition coefficient (Wildman–Crippen LogP) is 10.1. The van der Waals surface area contributed by atoms with Crippen molar-refractivity contribution in [2.75, 3.05) is 0 Å². The molecule has 0 aromatic rings. The summed E-state index contributed by atoms with van der Waals surface area (Å²) in [6.07, 6.45) is 0. The van der Waals surface area contributed by atoms with E-state index in [4.69, 9.17) is 0 Å². The minimum Gasteiger partial charge on any atom is -0.106 e. The Hall–Kier alpha value is 3.19. The van der Waals surface area contributed by atoms with Crippen molar-refractivity contribution in [3.05, 3.63) is 0 Å². The maximum absolute atomic E-state index is 2.56. The summed E-state index contributed by atoms with van der Waals surface area (Å²) in [7, 11) is 0. The molecule has 0 atom stereocenters. The summed E-state index contributed by atoms with van der Waals surface area (Å²) in [5.74, 6) is 0. The van der Waals surface area contributed by atoms with Crippen LogP contribution in [0, 0.1) is 0 Å². The molecule has 182 valence electrons. The highest BCUT2D eigenvalue weighted by atomic mass is 27.2. The van der Waals surface area contributed by atoms with E-state index in [0.717, 1.165) is 0 Å². The molecule has 0 fully saturated rings. The van der Waals surface area contributed by atoms with Gasteiger partial charge in [-0.25, -0.2) is 0 Å². The first kappa shape index (κ1) is 35.2. The van der Waals surface area contributed by atoms with Crippen LogP contribution in [0.4, 0.5) is 0 Å². The average molecular weight is 535 g/mol. The molecule has 0 rings (SSSR count). The summed E-state index contributed by atoms with van der Waals surface area (Å²) >= 11 is -2.26. The highest BCUT2D eigenvalue weighted by Crippen LogP contribution is 2.24. The quantitative estimate of drug-likeness (QED) is 0.114. The van der Waals surface area contributed by atoms with Gasteiger partial charge in [0.15, 0.2) is 0 Å². The molecular weight excluding hydrogens is 474 g/mol. The van der Waals surface area contributed by atoms with E-state index in [1.165, 1.54) is 0 Å². The maximum Gasteiger partial charge on any atom is 0.260 e. The highest BCUT2D eigenvalue weighted by molar-refractivity contribution is 6.69. The second-order valence-corrected chi connectivity index (χ2v) is 34.0. The summed E-state index contributed by atoms with van der Waals surface area (Å²) in [6.45, 7) is 20.1. The van der Waals surface area contributed by atoms with Crippen LogP contribution < -0.4 is 0 Å².